The summed E-state index contributed by atoms with van der Waals surface area (Å²) >= 11 is 13.6. The van der Waals surface area contributed by atoms with Crippen LogP contribution in [0.5, 0.6) is 0 Å². The highest BCUT2D eigenvalue weighted by molar-refractivity contribution is 7.10. The molecule has 0 aliphatic heterocycles. The van der Waals surface area contributed by atoms with Crippen LogP contribution in [0.15, 0.2) is 28.0 Å². The van der Waals surface area contributed by atoms with Crippen molar-refractivity contribution in [2.75, 3.05) is 6.54 Å². The van der Waals surface area contributed by atoms with Crippen molar-refractivity contribution in [3.8, 4) is 0 Å². The first kappa shape index (κ1) is 13.0. The van der Waals surface area contributed by atoms with E-state index in [0.29, 0.717) is 5.22 Å². The van der Waals surface area contributed by atoms with Gasteiger partial charge in [-0.2, -0.15) is 0 Å². The van der Waals surface area contributed by atoms with E-state index in [1.165, 1.54) is 0 Å². The van der Waals surface area contributed by atoms with Crippen LogP contribution in [-0.2, 0) is 6.42 Å². The number of rotatable bonds is 5. The SMILES string of the molecule is CCNC(Cc1sccc1Cl)c1ccc(Cl)o1. The third-order valence-electron chi connectivity index (χ3n) is 2.47. The Morgan fingerprint density at radius 2 is 2.18 bits per heavy atom. The van der Waals surface area contributed by atoms with E-state index in [0.717, 1.165) is 28.6 Å². The molecule has 2 aromatic rings. The lowest BCUT2D eigenvalue weighted by atomic mass is 10.1. The number of thiophene rings is 1. The molecule has 0 bridgehead atoms. The standard InChI is InChI=1S/C12H13Cl2NOS/c1-2-15-9(10-3-4-12(14)16-10)7-11-8(13)5-6-17-11/h3-6,9,15H,2,7H2,1H3. The van der Waals surface area contributed by atoms with E-state index in [1.54, 1.807) is 17.4 Å². The molecule has 2 nitrogen and oxygen atoms in total. The third kappa shape index (κ3) is 3.26. The highest BCUT2D eigenvalue weighted by Crippen LogP contribution is 2.29. The van der Waals surface area contributed by atoms with Gasteiger partial charge in [0.2, 0.25) is 0 Å². The maximum atomic E-state index is 6.10. The molecule has 0 fully saturated rings. The van der Waals surface area contributed by atoms with E-state index in [-0.39, 0.29) is 6.04 Å². The van der Waals surface area contributed by atoms with E-state index in [9.17, 15) is 0 Å². The number of halogens is 2. The van der Waals surface area contributed by atoms with Gasteiger partial charge in [0, 0.05) is 11.3 Å². The first-order valence-electron chi connectivity index (χ1n) is 5.41. The summed E-state index contributed by atoms with van der Waals surface area (Å²) in [5, 5.41) is 6.60. The number of hydrogen-bond acceptors (Lipinski definition) is 3. The van der Waals surface area contributed by atoms with Gasteiger partial charge in [0.15, 0.2) is 5.22 Å². The van der Waals surface area contributed by atoms with Crippen molar-refractivity contribution in [1.82, 2.24) is 5.32 Å². The normalized spacial score (nSPS) is 12.9. The van der Waals surface area contributed by atoms with Gasteiger partial charge in [-0.1, -0.05) is 18.5 Å². The molecule has 0 aromatic carbocycles. The van der Waals surface area contributed by atoms with Crippen molar-refractivity contribution < 1.29 is 4.42 Å². The second kappa shape index (κ2) is 5.91. The highest BCUT2D eigenvalue weighted by atomic mass is 35.5. The lowest BCUT2D eigenvalue weighted by molar-refractivity contribution is 0.419. The zero-order valence-electron chi connectivity index (χ0n) is 9.37. The molecule has 0 radical (unpaired) electrons. The van der Waals surface area contributed by atoms with Gasteiger partial charge in [0.25, 0.3) is 0 Å². The van der Waals surface area contributed by atoms with Gasteiger partial charge in [0.05, 0.1) is 11.1 Å². The predicted octanol–water partition coefficient (Wildman–Crippen LogP) is 4.54. The Hall–Kier alpha value is -0.480. The summed E-state index contributed by atoms with van der Waals surface area (Å²) in [6.07, 6.45) is 0.814. The molecular formula is C12H13Cl2NOS. The molecule has 1 atom stereocenters. The number of hydrogen-bond donors (Lipinski definition) is 1. The van der Waals surface area contributed by atoms with Crippen molar-refractivity contribution in [2.24, 2.45) is 0 Å². The number of furan rings is 1. The quantitative estimate of drug-likeness (QED) is 0.874. The monoisotopic (exact) mass is 289 g/mol. The summed E-state index contributed by atoms with van der Waals surface area (Å²) in [4.78, 5) is 1.16. The van der Waals surface area contributed by atoms with Gasteiger partial charge in [-0.3, -0.25) is 0 Å². The predicted molar refractivity (Wildman–Crippen MR) is 73.2 cm³/mol. The Morgan fingerprint density at radius 1 is 1.35 bits per heavy atom. The van der Waals surface area contributed by atoms with Crippen LogP contribution in [0.3, 0.4) is 0 Å². The summed E-state index contributed by atoms with van der Waals surface area (Å²) in [6.45, 7) is 2.93. The zero-order chi connectivity index (χ0) is 12.3. The van der Waals surface area contributed by atoms with Crippen LogP contribution >= 0.6 is 34.5 Å². The van der Waals surface area contributed by atoms with Gasteiger partial charge in [-0.05, 0) is 41.7 Å². The van der Waals surface area contributed by atoms with Crippen LogP contribution < -0.4 is 5.32 Å². The molecule has 0 saturated carbocycles. The Bertz CT molecular complexity index is 480. The molecule has 2 aromatic heterocycles. The largest absolute Gasteiger partial charge is 0.448 e. The minimum absolute atomic E-state index is 0.114. The van der Waals surface area contributed by atoms with Crippen molar-refractivity contribution in [3.63, 3.8) is 0 Å². The molecule has 92 valence electrons. The molecule has 17 heavy (non-hydrogen) atoms. The Labute approximate surface area is 115 Å². The minimum Gasteiger partial charge on any atom is -0.448 e. The van der Waals surface area contributed by atoms with Crippen molar-refractivity contribution in [2.45, 2.75) is 19.4 Å². The maximum absolute atomic E-state index is 6.10. The molecule has 1 unspecified atom stereocenters. The molecule has 0 spiro atoms. The van der Waals surface area contributed by atoms with Gasteiger partial charge >= 0.3 is 0 Å². The Morgan fingerprint density at radius 3 is 2.71 bits per heavy atom. The number of likely N-dealkylation sites (N-methyl/N-ethyl adjacent to an activating group) is 1. The highest BCUT2D eigenvalue weighted by Gasteiger charge is 2.17. The molecule has 0 saturated heterocycles. The van der Waals surface area contributed by atoms with Crippen LogP contribution in [0, 0.1) is 0 Å². The second-order valence-corrected chi connectivity index (χ2v) is 5.43. The van der Waals surface area contributed by atoms with Crippen molar-refractivity contribution in [3.05, 3.63) is 44.5 Å². The number of nitrogens with one attached hydrogen (secondary N) is 1. The van der Waals surface area contributed by atoms with Crippen molar-refractivity contribution in [1.29, 1.82) is 0 Å². The van der Waals surface area contributed by atoms with Crippen LogP contribution in [0.25, 0.3) is 0 Å². The average Bonchev–Trinajstić information content (AvgIpc) is 2.88. The topological polar surface area (TPSA) is 25.2 Å². The fourth-order valence-electron chi connectivity index (χ4n) is 1.69. The molecule has 0 aliphatic carbocycles. The summed E-state index contributed by atoms with van der Waals surface area (Å²) in [5.74, 6) is 0.848. The Kier molecular flexibility index (Phi) is 4.51. The van der Waals surface area contributed by atoms with E-state index in [2.05, 4.69) is 12.2 Å². The summed E-state index contributed by atoms with van der Waals surface area (Å²) in [7, 11) is 0. The smallest absolute Gasteiger partial charge is 0.193 e. The molecule has 2 heterocycles. The van der Waals surface area contributed by atoms with Crippen LogP contribution in [-0.4, -0.2) is 6.54 Å². The zero-order valence-corrected chi connectivity index (χ0v) is 11.7. The first-order chi connectivity index (χ1) is 8.20. The van der Waals surface area contributed by atoms with Gasteiger partial charge in [-0.15, -0.1) is 11.3 Å². The van der Waals surface area contributed by atoms with E-state index in [4.69, 9.17) is 27.6 Å². The van der Waals surface area contributed by atoms with E-state index >= 15 is 0 Å². The van der Waals surface area contributed by atoms with Gasteiger partial charge in [-0.25, -0.2) is 0 Å². The molecular weight excluding hydrogens is 277 g/mol. The molecule has 2 rings (SSSR count). The van der Waals surface area contributed by atoms with Crippen LogP contribution in [0.2, 0.25) is 10.2 Å². The minimum atomic E-state index is 0.114. The van der Waals surface area contributed by atoms with Gasteiger partial charge < -0.3 is 9.73 Å². The van der Waals surface area contributed by atoms with E-state index < -0.39 is 0 Å². The lowest BCUT2D eigenvalue weighted by Gasteiger charge is -2.14. The molecule has 5 heteroatoms. The van der Waals surface area contributed by atoms with E-state index in [1.807, 2.05) is 17.5 Å². The van der Waals surface area contributed by atoms with Crippen molar-refractivity contribution >= 4 is 34.5 Å². The average molecular weight is 290 g/mol. The molecule has 0 aliphatic rings. The summed E-state index contributed by atoms with van der Waals surface area (Å²) in [5.41, 5.74) is 0. The fraction of sp³-hybridized carbons (Fsp3) is 0.333. The fourth-order valence-corrected chi connectivity index (χ4v) is 3.00. The molecule has 1 N–H and O–H groups in total. The van der Waals surface area contributed by atoms with Crippen LogP contribution in [0.1, 0.15) is 23.6 Å². The first-order valence-corrected chi connectivity index (χ1v) is 7.04. The maximum Gasteiger partial charge on any atom is 0.193 e. The van der Waals surface area contributed by atoms with Crippen LogP contribution in [0.4, 0.5) is 0 Å². The summed E-state index contributed by atoms with van der Waals surface area (Å²) in [6, 6.07) is 5.69. The summed E-state index contributed by atoms with van der Waals surface area (Å²) < 4.78 is 5.45. The van der Waals surface area contributed by atoms with Gasteiger partial charge in [0.1, 0.15) is 5.76 Å². The molecule has 0 amide bonds. The second-order valence-electron chi connectivity index (χ2n) is 3.65. The lowest BCUT2D eigenvalue weighted by Crippen LogP contribution is -2.22. The Balaban J connectivity index is 2.15. The third-order valence-corrected chi connectivity index (χ3v) is 4.08.